The number of nitrogens with zero attached hydrogens (tertiary/aromatic N) is 7. The van der Waals surface area contributed by atoms with Crippen molar-refractivity contribution in [3.8, 4) is 22.7 Å². The fourth-order valence-corrected chi connectivity index (χ4v) is 3.29. The lowest BCUT2D eigenvalue weighted by Gasteiger charge is -2.39. The zero-order valence-corrected chi connectivity index (χ0v) is 15.4. The molecule has 0 amide bonds. The van der Waals surface area contributed by atoms with E-state index in [-0.39, 0.29) is 0 Å². The number of benzene rings is 1. The molecule has 1 aliphatic rings. The van der Waals surface area contributed by atoms with E-state index in [0.29, 0.717) is 6.04 Å². The number of ether oxygens (including phenoxy) is 1. The summed E-state index contributed by atoms with van der Waals surface area (Å²) in [7, 11) is 1.66. The SMILES string of the molecule is COc1cccc(-n2cc(-c3ccnc(N4CC(n5cccn5)C4)n3)cn2)c1. The van der Waals surface area contributed by atoms with Crippen molar-refractivity contribution < 1.29 is 4.74 Å². The van der Waals surface area contributed by atoms with E-state index >= 15 is 0 Å². The Balaban J connectivity index is 1.35. The summed E-state index contributed by atoms with van der Waals surface area (Å²) in [5.74, 6) is 1.53. The van der Waals surface area contributed by atoms with Gasteiger partial charge in [-0.15, -0.1) is 0 Å². The lowest BCUT2D eigenvalue weighted by Crippen LogP contribution is -2.48. The van der Waals surface area contributed by atoms with Gasteiger partial charge in [-0.25, -0.2) is 14.6 Å². The maximum absolute atomic E-state index is 5.29. The smallest absolute Gasteiger partial charge is 0.226 e. The van der Waals surface area contributed by atoms with Crippen LogP contribution < -0.4 is 9.64 Å². The predicted octanol–water partition coefficient (Wildman–Crippen LogP) is 2.60. The largest absolute Gasteiger partial charge is 0.497 e. The second-order valence-corrected chi connectivity index (χ2v) is 6.66. The molecule has 0 N–H and O–H groups in total. The fourth-order valence-electron chi connectivity index (χ4n) is 3.29. The third-order valence-electron chi connectivity index (χ3n) is 4.88. The lowest BCUT2D eigenvalue weighted by molar-refractivity contribution is 0.363. The molecule has 4 heterocycles. The minimum Gasteiger partial charge on any atom is -0.497 e. The van der Waals surface area contributed by atoms with E-state index in [9.17, 15) is 0 Å². The van der Waals surface area contributed by atoms with E-state index in [1.165, 1.54) is 0 Å². The topological polar surface area (TPSA) is 73.9 Å². The van der Waals surface area contributed by atoms with Crippen molar-refractivity contribution in [1.82, 2.24) is 29.5 Å². The molecule has 28 heavy (non-hydrogen) atoms. The molecule has 0 saturated carbocycles. The quantitative estimate of drug-likeness (QED) is 0.535. The van der Waals surface area contributed by atoms with Crippen LogP contribution in [0.2, 0.25) is 0 Å². The molecule has 8 heteroatoms. The first-order chi connectivity index (χ1) is 13.8. The molecule has 5 rings (SSSR count). The second kappa shape index (κ2) is 6.80. The number of methoxy groups -OCH3 is 1. The summed E-state index contributed by atoms with van der Waals surface area (Å²) >= 11 is 0. The Hall–Kier alpha value is -3.68. The van der Waals surface area contributed by atoms with Crippen molar-refractivity contribution in [2.24, 2.45) is 0 Å². The van der Waals surface area contributed by atoms with Crippen LogP contribution in [-0.2, 0) is 0 Å². The fraction of sp³-hybridized carbons (Fsp3) is 0.200. The van der Waals surface area contributed by atoms with Crippen LogP contribution in [0.4, 0.5) is 5.95 Å². The number of hydrogen-bond acceptors (Lipinski definition) is 6. The van der Waals surface area contributed by atoms with Crippen LogP contribution in [0, 0.1) is 0 Å². The zero-order chi connectivity index (χ0) is 18.9. The van der Waals surface area contributed by atoms with Gasteiger partial charge < -0.3 is 9.64 Å². The van der Waals surface area contributed by atoms with Crippen molar-refractivity contribution in [2.45, 2.75) is 6.04 Å². The van der Waals surface area contributed by atoms with Crippen LogP contribution in [0.25, 0.3) is 16.9 Å². The van der Waals surface area contributed by atoms with Gasteiger partial charge in [-0.3, -0.25) is 4.68 Å². The minimum absolute atomic E-state index is 0.373. The molecule has 1 aromatic carbocycles. The van der Waals surface area contributed by atoms with E-state index in [1.54, 1.807) is 19.5 Å². The Bertz CT molecular complexity index is 1080. The van der Waals surface area contributed by atoms with Crippen molar-refractivity contribution >= 4 is 5.95 Å². The molecule has 0 bridgehead atoms. The first-order valence-corrected chi connectivity index (χ1v) is 9.07. The molecule has 3 aromatic heterocycles. The number of anilines is 1. The summed E-state index contributed by atoms with van der Waals surface area (Å²) in [6.45, 7) is 1.71. The van der Waals surface area contributed by atoms with Crippen molar-refractivity contribution in [2.75, 3.05) is 25.1 Å². The standard InChI is InChI=1S/C20H19N7O/c1-28-18-5-2-4-16(10-18)27-12-15(11-23-27)19-6-8-21-20(24-19)25-13-17(14-25)26-9-3-7-22-26/h2-12,17H,13-14H2,1H3. The summed E-state index contributed by atoms with van der Waals surface area (Å²) in [5, 5.41) is 8.77. The highest BCUT2D eigenvalue weighted by atomic mass is 16.5. The van der Waals surface area contributed by atoms with Crippen LogP contribution in [0.5, 0.6) is 5.75 Å². The Morgan fingerprint density at radius 2 is 2.00 bits per heavy atom. The molecule has 0 aliphatic carbocycles. The van der Waals surface area contributed by atoms with Gasteiger partial charge in [-0.05, 0) is 24.3 Å². The third kappa shape index (κ3) is 2.98. The molecule has 1 saturated heterocycles. The lowest BCUT2D eigenvalue weighted by atomic mass is 10.1. The summed E-state index contributed by atoms with van der Waals surface area (Å²) < 4.78 is 9.09. The second-order valence-electron chi connectivity index (χ2n) is 6.66. The van der Waals surface area contributed by atoms with Crippen molar-refractivity contribution in [3.05, 3.63) is 67.4 Å². The van der Waals surface area contributed by atoms with Crippen LogP contribution in [-0.4, -0.2) is 49.7 Å². The maximum atomic E-state index is 5.29. The molecular weight excluding hydrogens is 354 g/mol. The number of rotatable bonds is 5. The van der Waals surface area contributed by atoms with E-state index in [1.807, 2.05) is 64.4 Å². The van der Waals surface area contributed by atoms with Crippen LogP contribution in [0.1, 0.15) is 6.04 Å². The van der Waals surface area contributed by atoms with Gasteiger partial charge in [0.25, 0.3) is 0 Å². The average molecular weight is 373 g/mol. The highest BCUT2D eigenvalue weighted by molar-refractivity contribution is 5.59. The van der Waals surface area contributed by atoms with E-state index < -0.39 is 0 Å². The molecule has 1 aliphatic heterocycles. The Morgan fingerprint density at radius 1 is 1.07 bits per heavy atom. The normalized spacial score (nSPS) is 14.1. The highest BCUT2D eigenvalue weighted by Gasteiger charge is 2.30. The Labute approximate surface area is 162 Å². The zero-order valence-electron chi connectivity index (χ0n) is 15.4. The minimum atomic E-state index is 0.373. The van der Waals surface area contributed by atoms with Crippen LogP contribution >= 0.6 is 0 Å². The van der Waals surface area contributed by atoms with Gasteiger partial charge in [-0.2, -0.15) is 10.2 Å². The Kier molecular flexibility index (Phi) is 4.01. The average Bonchev–Trinajstić information content (AvgIpc) is 3.40. The highest BCUT2D eigenvalue weighted by Crippen LogP contribution is 2.26. The molecule has 0 radical (unpaired) electrons. The predicted molar refractivity (Wildman–Crippen MR) is 105 cm³/mol. The molecular formula is C20H19N7O. The molecule has 0 atom stereocenters. The van der Waals surface area contributed by atoms with Gasteiger partial charge in [0.1, 0.15) is 5.75 Å². The summed E-state index contributed by atoms with van der Waals surface area (Å²) in [6.07, 6.45) is 9.37. The third-order valence-corrected chi connectivity index (χ3v) is 4.88. The van der Waals surface area contributed by atoms with Gasteiger partial charge in [0.15, 0.2) is 0 Å². The van der Waals surface area contributed by atoms with Crippen molar-refractivity contribution in [1.29, 1.82) is 0 Å². The monoisotopic (exact) mass is 373 g/mol. The first-order valence-electron chi connectivity index (χ1n) is 9.07. The molecule has 0 unspecified atom stereocenters. The molecule has 4 aromatic rings. The van der Waals surface area contributed by atoms with E-state index in [0.717, 1.165) is 41.7 Å². The van der Waals surface area contributed by atoms with Crippen LogP contribution in [0.15, 0.2) is 67.4 Å². The molecule has 8 nitrogen and oxygen atoms in total. The summed E-state index contributed by atoms with van der Waals surface area (Å²) in [5.41, 5.74) is 2.72. The maximum Gasteiger partial charge on any atom is 0.226 e. The molecule has 1 fully saturated rings. The first kappa shape index (κ1) is 16.5. The van der Waals surface area contributed by atoms with E-state index in [4.69, 9.17) is 9.72 Å². The van der Waals surface area contributed by atoms with Gasteiger partial charge in [-0.1, -0.05) is 6.07 Å². The number of hydrogen-bond donors (Lipinski definition) is 0. The van der Waals surface area contributed by atoms with E-state index in [2.05, 4.69) is 20.1 Å². The van der Waals surface area contributed by atoms with Gasteiger partial charge in [0.05, 0.1) is 30.7 Å². The van der Waals surface area contributed by atoms with Gasteiger partial charge in [0, 0.05) is 49.5 Å². The van der Waals surface area contributed by atoms with Gasteiger partial charge in [0.2, 0.25) is 5.95 Å². The van der Waals surface area contributed by atoms with Gasteiger partial charge >= 0.3 is 0 Å². The number of aromatic nitrogens is 6. The summed E-state index contributed by atoms with van der Waals surface area (Å²) in [6, 6.07) is 12.0. The molecule has 0 spiro atoms. The summed E-state index contributed by atoms with van der Waals surface area (Å²) in [4.78, 5) is 11.3. The Morgan fingerprint density at radius 3 is 2.82 bits per heavy atom. The molecule has 140 valence electrons. The van der Waals surface area contributed by atoms with Crippen molar-refractivity contribution in [3.63, 3.8) is 0 Å². The van der Waals surface area contributed by atoms with Crippen LogP contribution in [0.3, 0.4) is 0 Å².